The lowest BCUT2D eigenvalue weighted by Crippen LogP contribution is -2.17. The molecule has 1 aromatic carbocycles. The van der Waals surface area contributed by atoms with Gasteiger partial charge in [0, 0.05) is 0 Å². The first kappa shape index (κ1) is 11.9. The van der Waals surface area contributed by atoms with Gasteiger partial charge < -0.3 is 9.29 Å². The van der Waals surface area contributed by atoms with Crippen LogP contribution in [-0.2, 0) is 15.8 Å². The molecular weight excluding hydrogens is 214 g/mol. The van der Waals surface area contributed by atoms with Crippen molar-refractivity contribution in [3.63, 3.8) is 0 Å². The van der Waals surface area contributed by atoms with Gasteiger partial charge in [-0.1, -0.05) is 30.3 Å². The fourth-order valence-corrected chi connectivity index (χ4v) is 1.26. The molecule has 4 nitrogen and oxygen atoms in total. The van der Waals surface area contributed by atoms with Crippen molar-refractivity contribution in [2.45, 2.75) is 18.5 Å². The Kier molecular flexibility index (Phi) is 4.43. The third kappa shape index (κ3) is 3.44. The molecule has 5 heteroatoms. The van der Waals surface area contributed by atoms with Gasteiger partial charge in [0.15, 0.2) is 22.6 Å². The quantitative estimate of drug-likeness (QED) is 0.794. The molecule has 0 bridgehead atoms. The molecule has 1 aromatic rings. The number of ether oxygens (including phenoxy) is 1. The largest absolute Gasteiger partial charge is 0.340 e. The second-order valence-corrected chi connectivity index (χ2v) is 4.12. The third-order valence-corrected chi connectivity index (χ3v) is 2.51. The predicted molar refractivity (Wildman–Crippen MR) is 56.1 cm³/mol. The topological polar surface area (TPSA) is 70.3 Å². The van der Waals surface area contributed by atoms with Crippen LogP contribution in [0.1, 0.15) is 18.6 Å². The van der Waals surface area contributed by atoms with E-state index >= 15 is 0 Å². The summed E-state index contributed by atoms with van der Waals surface area (Å²) in [6.45, 7) is 1.45. The first-order chi connectivity index (χ1) is 7.15. The summed E-state index contributed by atoms with van der Waals surface area (Å²) in [6.07, 6.45) is -0.808. The van der Waals surface area contributed by atoms with Crippen LogP contribution in [0.3, 0.4) is 0 Å². The number of nitriles is 1. The Hall–Kier alpha value is -1.22. The van der Waals surface area contributed by atoms with Gasteiger partial charge >= 0.3 is 0 Å². The van der Waals surface area contributed by atoms with E-state index in [1.165, 1.54) is 6.92 Å². The van der Waals surface area contributed by atoms with Gasteiger partial charge in [0.05, 0.1) is 6.07 Å². The van der Waals surface area contributed by atoms with E-state index in [9.17, 15) is 4.21 Å². The number of nitrogens with zero attached hydrogens (tertiary/aromatic N) is 1. The minimum Gasteiger partial charge on any atom is -0.340 e. The third-order valence-electron chi connectivity index (χ3n) is 1.83. The molecule has 0 fully saturated rings. The predicted octanol–water partition coefficient (Wildman–Crippen LogP) is 1.84. The Morgan fingerprint density at radius 2 is 2.07 bits per heavy atom. The van der Waals surface area contributed by atoms with Crippen molar-refractivity contribution in [2.24, 2.45) is 0 Å². The Morgan fingerprint density at radius 3 is 2.53 bits per heavy atom. The van der Waals surface area contributed by atoms with Gasteiger partial charge in [0.25, 0.3) is 0 Å². The van der Waals surface area contributed by atoms with Crippen molar-refractivity contribution in [3.05, 3.63) is 35.9 Å². The van der Waals surface area contributed by atoms with Gasteiger partial charge in [-0.3, -0.25) is 0 Å². The maximum Gasteiger partial charge on any atom is 0.182 e. The highest BCUT2D eigenvalue weighted by Gasteiger charge is 2.17. The second-order valence-electron chi connectivity index (χ2n) is 2.90. The van der Waals surface area contributed by atoms with Crippen LogP contribution in [-0.4, -0.2) is 14.2 Å². The summed E-state index contributed by atoms with van der Waals surface area (Å²) < 4.78 is 24.5. The van der Waals surface area contributed by atoms with Gasteiger partial charge in [-0.05, 0) is 12.5 Å². The van der Waals surface area contributed by atoms with Crippen molar-refractivity contribution in [1.29, 1.82) is 5.26 Å². The summed E-state index contributed by atoms with van der Waals surface area (Å²) in [6, 6.07) is 10.8. The number of benzene rings is 1. The van der Waals surface area contributed by atoms with E-state index in [1.807, 2.05) is 12.1 Å². The van der Waals surface area contributed by atoms with Crippen LogP contribution < -0.4 is 0 Å². The van der Waals surface area contributed by atoms with Crippen LogP contribution in [0, 0.1) is 11.3 Å². The lowest BCUT2D eigenvalue weighted by molar-refractivity contribution is 0.0731. The van der Waals surface area contributed by atoms with Crippen LogP contribution in [0.25, 0.3) is 0 Å². The van der Waals surface area contributed by atoms with Crippen LogP contribution in [0.4, 0.5) is 0 Å². The minimum atomic E-state index is -2.08. The maximum absolute atomic E-state index is 10.7. The van der Waals surface area contributed by atoms with E-state index in [4.69, 9.17) is 14.6 Å². The Balaban J connectivity index is 2.75. The Labute approximate surface area is 90.8 Å². The zero-order valence-corrected chi connectivity index (χ0v) is 8.98. The molecule has 0 aromatic heterocycles. The lowest BCUT2D eigenvalue weighted by Gasteiger charge is -2.14. The molecule has 80 valence electrons. The van der Waals surface area contributed by atoms with Crippen LogP contribution >= 0.6 is 0 Å². The Bertz CT molecular complexity index is 374. The molecule has 0 saturated carbocycles. The summed E-state index contributed by atoms with van der Waals surface area (Å²) in [5, 5.41) is 8.85. The zero-order chi connectivity index (χ0) is 11.3. The molecule has 3 atom stereocenters. The highest BCUT2D eigenvalue weighted by molar-refractivity contribution is 7.79. The molecule has 2 unspecified atom stereocenters. The molecule has 0 radical (unpaired) electrons. The van der Waals surface area contributed by atoms with Crippen LogP contribution in [0.2, 0.25) is 0 Å². The number of rotatable bonds is 4. The molecule has 1 rings (SSSR count). The van der Waals surface area contributed by atoms with Crippen molar-refractivity contribution in [3.8, 4) is 6.07 Å². The number of hydrogen-bond donors (Lipinski definition) is 1. The van der Waals surface area contributed by atoms with E-state index in [0.717, 1.165) is 0 Å². The second kappa shape index (κ2) is 5.61. The van der Waals surface area contributed by atoms with E-state index in [0.29, 0.717) is 5.56 Å². The molecule has 0 saturated heterocycles. The molecule has 1 N–H and O–H groups in total. The van der Waals surface area contributed by atoms with Gasteiger partial charge in [0.2, 0.25) is 0 Å². The fourth-order valence-electron chi connectivity index (χ4n) is 1.05. The van der Waals surface area contributed by atoms with Crippen molar-refractivity contribution in [2.75, 3.05) is 0 Å². The lowest BCUT2D eigenvalue weighted by atomic mass is 10.1. The molecule has 0 heterocycles. The molecule has 0 aliphatic heterocycles. The first-order valence-electron chi connectivity index (χ1n) is 4.35. The van der Waals surface area contributed by atoms with E-state index in [-0.39, 0.29) is 0 Å². The SMILES string of the molecule is CC(O[C@@H](C#N)c1ccccc1)S(=O)O. The molecule has 0 spiro atoms. The first-order valence-corrected chi connectivity index (χ1v) is 5.52. The van der Waals surface area contributed by atoms with Gasteiger partial charge in [0.1, 0.15) is 0 Å². The Morgan fingerprint density at radius 1 is 1.47 bits per heavy atom. The summed E-state index contributed by atoms with van der Waals surface area (Å²) in [7, 11) is 0. The zero-order valence-electron chi connectivity index (χ0n) is 8.16. The molecular formula is C10H11NO3S. The van der Waals surface area contributed by atoms with E-state index in [2.05, 4.69) is 0 Å². The summed E-state index contributed by atoms with van der Waals surface area (Å²) in [5.74, 6) is 0. The smallest absolute Gasteiger partial charge is 0.182 e. The fraction of sp³-hybridized carbons (Fsp3) is 0.300. The van der Waals surface area contributed by atoms with Gasteiger partial charge in [-0.15, -0.1) is 0 Å². The molecule has 0 amide bonds. The maximum atomic E-state index is 10.7. The van der Waals surface area contributed by atoms with Crippen molar-refractivity contribution >= 4 is 11.1 Å². The minimum absolute atomic E-state index is 0.678. The van der Waals surface area contributed by atoms with Gasteiger partial charge in [-0.25, -0.2) is 4.21 Å². The monoisotopic (exact) mass is 225 g/mol. The highest BCUT2D eigenvalue weighted by atomic mass is 32.2. The molecule has 0 aliphatic rings. The highest BCUT2D eigenvalue weighted by Crippen LogP contribution is 2.18. The molecule has 15 heavy (non-hydrogen) atoms. The van der Waals surface area contributed by atoms with Gasteiger partial charge in [-0.2, -0.15) is 5.26 Å². The average molecular weight is 225 g/mol. The van der Waals surface area contributed by atoms with Crippen molar-refractivity contribution in [1.82, 2.24) is 0 Å². The summed E-state index contributed by atoms with van der Waals surface area (Å²) >= 11 is -2.08. The van der Waals surface area contributed by atoms with E-state index < -0.39 is 22.6 Å². The molecule has 0 aliphatic carbocycles. The average Bonchev–Trinajstić information content (AvgIpc) is 2.26. The summed E-state index contributed by atoms with van der Waals surface area (Å²) in [5.41, 5.74) is -0.202. The van der Waals surface area contributed by atoms with E-state index in [1.54, 1.807) is 24.3 Å². The number of hydrogen-bond acceptors (Lipinski definition) is 3. The summed E-state index contributed by atoms with van der Waals surface area (Å²) in [4.78, 5) is 0. The standard InChI is InChI=1S/C10H11NO3S/c1-8(15(12)13)14-10(7-11)9-5-3-2-4-6-9/h2-6,8,10H,1H3,(H,12,13)/t8?,10-/m0/s1. The van der Waals surface area contributed by atoms with Crippen molar-refractivity contribution < 1.29 is 13.5 Å². The van der Waals surface area contributed by atoms with Crippen LogP contribution in [0.5, 0.6) is 0 Å². The normalized spacial score (nSPS) is 16.3. The van der Waals surface area contributed by atoms with Crippen LogP contribution in [0.15, 0.2) is 30.3 Å².